The van der Waals surface area contributed by atoms with E-state index >= 15 is 0 Å². The Hall–Kier alpha value is -3.09. The van der Waals surface area contributed by atoms with Crippen molar-refractivity contribution < 1.29 is 5.11 Å². The Morgan fingerprint density at radius 2 is 1.73 bits per heavy atom. The van der Waals surface area contributed by atoms with Crippen LogP contribution in [0.15, 0.2) is 71.9 Å². The Balaban J connectivity index is 1.77. The van der Waals surface area contributed by atoms with E-state index in [9.17, 15) is 9.90 Å². The van der Waals surface area contributed by atoms with Crippen molar-refractivity contribution in [3.05, 3.63) is 98.5 Å². The zero-order chi connectivity index (χ0) is 20.8. The smallest absolute Gasteiger partial charge is 0.242 e. The van der Waals surface area contributed by atoms with Gasteiger partial charge >= 0.3 is 0 Å². The van der Waals surface area contributed by atoms with Crippen LogP contribution in [-0.2, 0) is 6.54 Å². The van der Waals surface area contributed by atoms with Crippen molar-refractivity contribution in [1.29, 1.82) is 0 Å². The quantitative estimate of drug-likeness (QED) is 0.510. The lowest BCUT2D eigenvalue weighted by molar-refractivity contribution is 0.331. The van der Waals surface area contributed by atoms with Crippen LogP contribution in [0, 0.1) is 0 Å². The van der Waals surface area contributed by atoms with Gasteiger partial charge in [-0.1, -0.05) is 47.5 Å². The van der Waals surface area contributed by atoms with E-state index in [-0.39, 0.29) is 17.7 Å². The fourth-order valence-corrected chi connectivity index (χ4v) is 4.55. The highest BCUT2D eigenvalue weighted by atomic mass is 35.5. The van der Waals surface area contributed by atoms with Gasteiger partial charge in [0.05, 0.1) is 12.2 Å². The molecule has 1 aliphatic heterocycles. The van der Waals surface area contributed by atoms with Gasteiger partial charge in [-0.05, 0) is 35.4 Å². The minimum atomic E-state index is -0.543. The summed E-state index contributed by atoms with van der Waals surface area (Å²) in [6.45, 7) is 0.543. The summed E-state index contributed by atoms with van der Waals surface area (Å²) in [5.41, 5.74) is 1.71. The Labute approximate surface area is 182 Å². The van der Waals surface area contributed by atoms with E-state index in [0.29, 0.717) is 28.1 Å². The van der Waals surface area contributed by atoms with Gasteiger partial charge in [0.15, 0.2) is 11.6 Å². The van der Waals surface area contributed by atoms with Gasteiger partial charge in [-0.3, -0.25) is 9.48 Å². The summed E-state index contributed by atoms with van der Waals surface area (Å²) >= 11 is 12.6. The largest absolute Gasteiger partial charge is 0.503 e. The van der Waals surface area contributed by atoms with E-state index in [4.69, 9.17) is 23.2 Å². The zero-order valence-electron chi connectivity index (χ0n) is 15.6. The molecule has 1 aliphatic rings. The van der Waals surface area contributed by atoms with Crippen molar-refractivity contribution in [3.8, 4) is 17.3 Å². The first kappa shape index (κ1) is 18.9. The highest BCUT2D eigenvalue weighted by Gasteiger charge is 2.35. The van der Waals surface area contributed by atoms with Crippen molar-refractivity contribution in [2.75, 3.05) is 0 Å². The molecule has 1 N–H and O–H groups in total. The predicted octanol–water partition coefficient (Wildman–Crippen LogP) is 4.51. The standard InChI is InChI=1S/C22H16Cl2N4O2/c23-15-5-1-3-13(9-15)19(14-4-2-6-16(24)10-14)17-12-27-8-7-25-22(27)20-21(30)18(29)11-26-28(17)20/h1-11,17,19,30H,12H2/t17-/m1/s1. The topological polar surface area (TPSA) is 72.9 Å². The molecular formula is C22H16Cl2N4O2. The molecule has 0 aliphatic carbocycles. The maximum atomic E-state index is 12.1. The molecule has 4 aromatic rings. The summed E-state index contributed by atoms with van der Waals surface area (Å²) in [5, 5.41) is 16.2. The Kier molecular flexibility index (Phi) is 4.60. The number of aromatic nitrogens is 4. The Morgan fingerprint density at radius 3 is 2.37 bits per heavy atom. The van der Waals surface area contributed by atoms with Crippen LogP contribution in [0.2, 0.25) is 10.0 Å². The van der Waals surface area contributed by atoms with Crippen molar-refractivity contribution >= 4 is 23.2 Å². The van der Waals surface area contributed by atoms with Gasteiger partial charge in [-0.2, -0.15) is 5.10 Å². The third-order valence-electron chi connectivity index (χ3n) is 5.41. The molecule has 8 heteroatoms. The highest BCUT2D eigenvalue weighted by Crippen LogP contribution is 2.43. The van der Waals surface area contributed by atoms with Gasteiger partial charge in [0.1, 0.15) is 5.69 Å². The van der Waals surface area contributed by atoms with E-state index in [1.807, 2.05) is 59.3 Å². The monoisotopic (exact) mass is 438 g/mol. The van der Waals surface area contributed by atoms with Gasteiger partial charge in [0, 0.05) is 34.9 Å². The number of hydrogen-bond donors (Lipinski definition) is 1. The molecule has 0 saturated heterocycles. The highest BCUT2D eigenvalue weighted by molar-refractivity contribution is 6.31. The van der Waals surface area contributed by atoms with Crippen LogP contribution in [0.1, 0.15) is 23.1 Å². The second kappa shape index (κ2) is 7.31. The first-order chi connectivity index (χ1) is 14.5. The Morgan fingerprint density at radius 1 is 1.07 bits per heavy atom. The number of fused-ring (bicyclic) bond motifs is 3. The molecule has 0 spiro atoms. The van der Waals surface area contributed by atoms with Crippen LogP contribution in [0.4, 0.5) is 0 Å². The normalized spacial score (nSPS) is 15.1. The maximum Gasteiger partial charge on any atom is 0.242 e. The molecule has 0 amide bonds. The minimum absolute atomic E-state index is 0.189. The molecular weight excluding hydrogens is 423 g/mol. The fourth-order valence-electron chi connectivity index (χ4n) is 4.15. The van der Waals surface area contributed by atoms with Crippen LogP contribution < -0.4 is 5.43 Å². The zero-order valence-corrected chi connectivity index (χ0v) is 17.1. The number of rotatable bonds is 3. The molecule has 30 heavy (non-hydrogen) atoms. The Bertz CT molecular complexity index is 1270. The van der Waals surface area contributed by atoms with Gasteiger partial charge in [-0.15, -0.1) is 0 Å². The summed E-state index contributed by atoms with van der Waals surface area (Å²) in [7, 11) is 0. The van der Waals surface area contributed by atoms with E-state index in [1.54, 1.807) is 10.9 Å². The fraction of sp³-hybridized carbons (Fsp3) is 0.136. The lowest BCUT2D eigenvalue weighted by atomic mass is 9.84. The van der Waals surface area contributed by atoms with Crippen LogP contribution in [0.25, 0.3) is 11.5 Å². The number of hydrogen-bond acceptors (Lipinski definition) is 4. The molecule has 1 atom stereocenters. The number of halogens is 2. The number of imidazole rings is 1. The average molecular weight is 439 g/mol. The SMILES string of the molecule is O=c1cnn2c(c1O)-c1nccn1C[C@@H]2C(c1cccc(Cl)c1)c1cccc(Cl)c1. The van der Waals surface area contributed by atoms with Gasteiger partial charge in [-0.25, -0.2) is 4.98 Å². The van der Waals surface area contributed by atoms with Gasteiger partial charge in [0.2, 0.25) is 5.43 Å². The molecule has 150 valence electrons. The molecule has 0 bridgehead atoms. The van der Waals surface area contributed by atoms with E-state index in [2.05, 4.69) is 10.1 Å². The molecule has 0 saturated carbocycles. The predicted molar refractivity (Wildman–Crippen MR) is 115 cm³/mol. The number of nitrogens with zero attached hydrogens (tertiary/aromatic N) is 4. The summed E-state index contributed by atoms with van der Waals surface area (Å²) in [6.07, 6.45) is 4.61. The van der Waals surface area contributed by atoms with Crippen LogP contribution in [-0.4, -0.2) is 24.4 Å². The molecule has 0 fully saturated rings. The molecule has 2 aromatic heterocycles. The van der Waals surface area contributed by atoms with Crippen LogP contribution >= 0.6 is 23.2 Å². The van der Waals surface area contributed by atoms with Crippen LogP contribution in [0.3, 0.4) is 0 Å². The van der Waals surface area contributed by atoms with E-state index in [0.717, 1.165) is 17.3 Å². The summed E-state index contributed by atoms with van der Waals surface area (Å²) in [5.74, 6) is -0.0471. The van der Waals surface area contributed by atoms with Crippen LogP contribution in [0.5, 0.6) is 5.75 Å². The van der Waals surface area contributed by atoms with Gasteiger partial charge in [0.25, 0.3) is 0 Å². The van der Waals surface area contributed by atoms with Crippen molar-refractivity contribution in [2.45, 2.75) is 18.5 Å². The molecule has 0 unspecified atom stereocenters. The molecule has 6 nitrogen and oxygen atoms in total. The molecule has 3 heterocycles. The lowest BCUT2D eigenvalue weighted by Gasteiger charge is -2.34. The van der Waals surface area contributed by atoms with Gasteiger partial charge < -0.3 is 9.67 Å². The first-order valence-electron chi connectivity index (χ1n) is 9.36. The lowest BCUT2D eigenvalue weighted by Crippen LogP contribution is -2.32. The number of aromatic hydroxyl groups is 1. The second-order valence-corrected chi connectivity index (χ2v) is 8.08. The van der Waals surface area contributed by atoms with Crippen molar-refractivity contribution in [1.82, 2.24) is 19.3 Å². The number of benzene rings is 2. The first-order valence-corrected chi connectivity index (χ1v) is 10.1. The summed E-state index contributed by atoms with van der Waals surface area (Å²) < 4.78 is 3.61. The minimum Gasteiger partial charge on any atom is -0.503 e. The second-order valence-electron chi connectivity index (χ2n) is 7.21. The third kappa shape index (κ3) is 3.09. The molecule has 0 radical (unpaired) electrons. The molecule has 5 rings (SSSR count). The maximum absolute atomic E-state index is 12.1. The van der Waals surface area contributed by atoms with Crippen molar-refractivity contribution in [3.63, 3.8) is 0 Å². The van der Waals surface area contributed by atoms with E-state index in [1.165, 1.54) is 0 Å². The average Bonchev–Trinajstić information content (AvgIpc) is 3.19. The third-order valence-corrected chi connectivity index (χ3v) is 5.88. The van der Waals surface area contributed by atoms with Crippen molar-refractivity contribution in [2.24, 2.45) is 0 Å². The molecule has 2 aromatic carbocycles. The summed E-state index contributed by atoms with van der Waals surface area (Å²) in [6, 6.07) is 15.0. The summed E-state index contributed by atoms with van der Waals surface area (Å²) in [4.78, 5) is 16.5. The van der Waals surface area contributed by atoms with E-state index < -0.39 is 5.43 Å².